The lowest BCUT2D eigenvalue weighted by molar-refractivity contribution is 0.0941. The lowest BCUT2D eigenvalue weighted by atomic mass is 10.1. The fourth-order valence-electron chi connectivity index (χ4n) is 4.06. The van der Waals surface area contributed by atoms with E-state index in [0.717, 1.165) is 27.8 Å². The topological polar surface area (TPSA) is 91.7 Å². The third-order valence-electron chi connectivity index (χ3n) is 5.93. The number of carbonyl (C=O) groups excluding carboxylic acids is 1. The van der Waals surface area contributed by atoms with Crippen LogP contribution < -0.4 is 4.90 Å². The van der Waals surface area contributed by atoms with E-state index >= 15 is 0 Å². The highest BCUT2D eigenvalue weighted by Gasteiger charge is 2.25. The van der Waals surface area contributed by atoms with Crippen LogP contribution in [0.3, 0.4) is 0 Å². The Morgan fingerprint density at radius 3 is 2.53 bits per heavy atom. The maximum Gasteiger partial charge on any atom is 0.410 e. The second kappa shape index (κ2) is 9.35. The Kier molecular flexibility index (Phi) is 5.95. The van der Waals surface area contributed by atoms with Crippen LogP contribution in [0.2, 0.25) is 0 Å². The highest BCUT2D eigenvalue weighted by Crippen LogP contribution is 2.32. The predicted octanol–water partition coefficient (Wildman–Crippen LogP) is 4.16. The molecule has 0 radical (unpaired) electrons. The number of carbonyl (C=O) groups is 1. The Morgan fingerprint density at radius 2 is 1.76 bits per heavy atom. The van der Waals surface area contributed by atoms with Crippen LogP contribution in [0.1, 0.15) is 11.1 Å². The second-order valence-corrected chi connectivity index (χ2v) is 8.29. The number of fused-ring (bicyclic) bond motifs is 1. The minimum absolute atomic E-state index is 0.141. The third-order valence-corrected chi connectivity index (χ3v) is 5.93. The molecule has 1 aliphatic heterocycles. The Morgan fingerprint density at radius 1 is 1.00 bits per heavy atom. The van der Waals surface area contributed by atoms with Crippen molar-refractivity contribution < 1.29 is 14.6 Å². The number of aryl methyl sites for hydroxylation is 1. The molecular formula is C26H25N5O3. The predicted molar refractivity (Wildman–Crippen MR) is 130 cm³/mol. The standard InChI is InChI=1S/C26H25N5O3/c1-18-6-7-20-22(16-18)28-24(21-4-2-3-5-23(21)32)29-25(20)30-12-14-31(15-13-30)26(33)34-17-19-8-10-27-11-9-19/h2-11,16,32H,12-15,17H2,1H3. The number of para-hydroxylation sites is 1. The molecule has 0 aliphatic carbocycles. The monoisotopic (exact) mass is 455 g/mol. The van der Waals surface area contributed by atoms with Crippen molar-refractivity contribution in [3.63, 3.8) is 0 Å². The number of rotatable bonds is 4. The summed E-state index contributed by atoms with van der Waals surface area (Å²) in [5.41, 5.74) is 3.41. The first-order valence-electron chi connectivity index (χ1n) is 11.2. The van der Waals surface area contributed by atoms with E-state index in [1.807, 2.05) is 49.4 Å². The summed E-state index contributed by atoms with van der Waals surface area (Å²) in [5.74, 6) is 1.42. The molecule has 0 saturated carbocycles. The lowest BCUT2D eigenvalue weighted by Crippen LogP contribution is -2.49. The minimum Gasteiger partial charge on any atom is -0.507 e. The number of nitrogens with zero attached hydrogens (tertiary/aromatic N) is 5. The van der Waals surface area contributed by atoms with E-state index in [-0.39, 0.29) is 18.4 Å². The van der Waals surface area contributed by atoms with E-state index < -0.39 is 0 Å². The van der Waals surface area contributed by atoms with Crippen LogP contribution in [0.4, 0.5) is 10.6 Å². The number of hydrogen-bond donors (Lipinski definition) is 1. The number of ether oxygens (including phenoxy) is 1. The zero-order chi connectivity index (χ0) is 23.5. The summed E-state index contributed by atoms with van der Waals surface area (Å²) in [6.45, 7) is 4.53. The van der Waals surface area contributed by atoms with Crippen LogP contribution in [-0.2, 0) is 11.3 Å². The molecule has 8 heteroatoms. The molecule has 1 aliphatic rings. The molecule has 2 aromatic carbocycles. The van der Waals surface area contributed by atoms with Gasteiger partial charge >= 0.3 is 6.09 Å². The average molecular weight is 456 g/mol. The molecule has 8 nitrogen and oxygen atoms in total. The van der Waals surface area contributed by atoms with E-state index in [4.69, 9.17) is 14.7 Å². The zero-order valence-corrected chi connectivity index (χ0v) is 18.9. The third kappa shape index (κ3) is 4.47. The SMILES string of the molecule is Cc1ccc2c(N3CCN(C(=O)OCc4ccncc4)CC3)nc(-c3ccccc3O)nc2c1. The van der Waals surface area contributed by atoms with Gasteiger partial charge in [-0.15, -0.1) is 0 Å². The summed E-state index contributed by atoms with van der Waals surface area (Å²) >= 11 is 0. The van der Waals surface area contributed by atoms with Crippen LogP contribution in [0.15, 0.2) is 67.0 Å². The van der Waals surface area contributed by atoms with Gasteiger partial charge in [-0.25, -0.2) is 14.8 Å². The van der Waals surface area contributed by atoms with Gasteiger partial charge in [-0.3, -0.25) is 4.98 Å². The van der Waals surface area contributed by atoms with Crippen LogP contribution in [0.25, 0.3) is 22.3 Å². The van der Waals surface area contributed by atoms with Crippen LogP contribution in [0.5, 0.6) is 5.75 Å². The normalized spacial score (nSPS) is 13.8. The van der Waals surface area contributed by atoms with Crippen molar-refractivity contribution in [3.05, 3.63) is 78.1 Å². The molecular weight excluding hydrogens is 430 g/mol. The van der Waals surface area contributed by atoms with Gasteiger partial charge in [0.2, 0.25) is 0 Å². The Hall–Kier alpha value is -4.20. The Bertz CT molecular complexity index is 1320. The molecule has 5 rings (SSSR count). The summed E-state index contributed by atoms with van der Waals surface area (Å²) in [6, 6.07) is 16.8. The minimum atomic E-state index is -0.325. The largest absolute Gasteiger partial charge is 0.507 e. The molecule has 0 unspecified atom stereocenters. The molecule has 1 amide bonds. The molecule has 0 spiro atoms. The first kappa shape index (κ1) is 21.6. The first-order chi connectivity index (χ1) is 16.6. The summed E-state index contributed by atoms with van der Waals surface area (Å²) in [7, 11) is 0. The van der Waals surface area contributed by atoms with Crippen molar-refractivity contribution in [2.75, 3.05) is 31.1 Å². The highest BCUT2D eigenvalue weighted by atomic mass is 16.6. The van der Waals surface area contributed by atoms with Crippen molar-refractivity contribution in [2.24, 2.45) is 0 Å². The molecule has 172 valence electrons. The van der Waals surface area contributed by atoms with Gasteiger partial charge in [0.05, 0.1) is 11.1 Å². The number of pyridine rings is 1. The second-order valence-electron chi connectivity index (χ2n) is 8.29. The van der Waals surface area contributed by atoms with Crippen LogP contribution in [0, 0.1) is 6.92 Å². The maximum absolute atomic E-state index is 12.6. The summed E-state index contributed by atoms with van der Waals surface area (Å²) in [6.07, 6.45) is 3.03. The molecule has 0 bridgehead atoms. The summed E-state index contributed by atoms with van der Waals surface area (Å²) < 4.78 is 5.47. The molecule has 1 fully saturated rings. The molecule has 4 aromatic rings. The van der Waals surface area contributed by atoms with Crippen molar-refractivity contribution >= 4 is 22.8 Å². The van der Waals surface area contributed by atoms with E-state index in [2.05, 4.69) is 9.88 Å². The molecule has 1 saturated heterocycles. The van der Waals surface area contributed by atoms with E-state index in [1.165, 1.54) is 0 Å². The number of phenolic OH excluding ortho intramolecular Hbond substituents is 1. The van der Waals surface area contributed by atoms with Gasteiger partial charge in [0.15, 0.2) is 5.82 Å². The van der Waals surface area contributed by atoms with Gasteiger partial charge in [-0.2, -0.15) is 0 Å². The number of aromatic nitrogens is 3. The number of phenols is 1. The lowest BCUT2D eigenvalue weighted by Gasteiger charge is -2.35. The average Bonchev–Trinajstić information content (AvgIpc) is 2.87. The zero-order valence-electron chi connectivity index (χ0n) is 18.9. The molecule has 2 aromatic heterocycles. The van der Waals surface area contributed by atoms with Crippen LogP contribution in [-0.4, -0.2) is 57.2 Å². The van der Waals surface area contributed by atoms with Crippen molar-refractivity contribution in [3.8, 4) is 17.1 Å². The van der Waals surface area contributed by atoms with Crippen molar-refractivity contribution in [1.29, 1.82) is 0 Å². The highest BCUT2D eigenvalue weighted by molar-refractivity contribution is 5.92. The van der Waals surface area contributed by atoms with Gasteiger partial charge in [0.1, 0.15) is 18.2 Å². The van der Waals surface area contributed by atoms with Gasteiger partial charge in [0, 0.05) is 44.0 Å². The van der Waals surface area contributed by atoms with Gasteiger partial charge in [0.25, 0.3) is 0 Å². The number of aromatic hydroxyl groups is 1. The maximum atomic E-state index is 12.6. The number of benzene rings is 2. The summed E-state index contributed by atoms with van der Waals surface area (Å²) in [4.78, 5) is 30.0. The number of amides is 1. The molecule has 1 N–H and O–H groups in total. The fraction of sp³-hybridized carbons (Fsp3) is 0.231. The number of anilines is 1. The van der Waals surface area contributed by atoms with Crippen LogP contribution >= 0.6 is 0 Å². The molecule has 34 heavy (non-hydrogen) atoms. The molecule has 3 heterocycles. The Labute approximate surface area is 197 Å². The van der Waals surface area contributed by atoms with Crippen molar-refractivity contribution in [1.82, 2.24) is 19.9 Å². The number of piperazine rings is 1. The van der Waals surface area contributed by atoms with Gasteiger partial charge in [-0.05, 0) is 54.4 Å². The van der Waals surface area contributed by atoms with E-state index in [1.54, 1.807) is 29.4 Å². The van der Waals surface area contributed by atoms with Gasteiger partial charge in [-0.1, -0.05) is 18.2 Å². The smallest absolute Gasteiger partial charge is 0.410 e. The first-order valence-corrected chi connectivity index (χ1v) is 11.2. The van der Waals surface area contributed by atoms with Gasteiger partial charge < -0.3 is 19.6 Å². The number of hydrogen-bond acceptors (Lipinski definition) is 7. The fourth-order valence-corrected chi connectivity index (χ4v) is 4.06. The van der Waals surface area contributed by atoms with E-state index in [9.17, 15) is 9.90 Å². The quantitative estimate of drug-likeness (QED) is 0.494. The Balaban J connectivity index is 1.36. The van der Waals surface area contributed by atoms with E-state index in [0.29, 0.717) is 37.6 Å². The molecule has 0 atom stereocenters. The summed E-state index contributed by atoms with van der Waals surface area (Å²) in [5, 5.41) is 11.3. The van der Waals surface area contributed by atoms with Crippen molar-refractivity contribution in [2.45, 2.75) is 13.5 Å².